The monoisotopic (exact) mass is 273 g/mol. The van der Waals surface area contributed by atoms with Gasteiger partial charge in [-0.3, -0.25) is 9.59 Å². The fraction of sp³-hybridized carbons (Fsp3) is 0.0667. The van der Waals surface area contributed by atoms with E-state index in [0.29, 0.717) is 21.8 Å². The highest BCUT2D eigenvalue weighted by Gasteiger charge is 2.08. The lowest BCUT2D eigenvalue weighted by molar-refractivity contribution is -0.114. The molecule has 0 unspecified atom stereocenters. The molecule has 0 aliphatic heterocycles. The normalized spacial score (nSPS) is 10.0. The zero-order valence-corrected chi connectivity index (χ0v) is 11.1. The molecule has 1 N–H and O–H groups in total. The Bertz CT molecular complexity index is 603. The summed E-state index contributed by atoms with van der Waals surface area (Å²) in [7, 11) is 0. The number of amides is 1. The Kier molecular flexibility index (Phi) is 3.97. The standard InChI is InChI=1S/C15H12ClNO2/c1-10(18)17-14-8-4-12(5-9-14)15(19)11-2-6-13(16)7-3-11/h2-9H,1H3,(H,17,18). The highest BCUT2D eigenvalue weighted by molar-refractivity contribution is 6.30. The van der Waals surface area contributed by atoms with Crippen LogP contribution in [0.5, 0.6) is 0 Å². The van der Waals surface area contributed by atoms with Crippen LogP contribution >= 0.6 is 11.6 Å². The fourth-order valence-corrected chi connectivity index (χ4v) is 1.80. The van der Waals surface area contributed by atoms with Gasteiger partial charge in [0.15, 0.2) is 5.78 Å². The third kappa shape index (κ3) is 3.42. The second-order valence-corrected chi connectivity index (χ2v) is 4.53. The first-order valence-corrected chi connectivity index (χ1v) is 6.12. The average Bonchev–Trinajstić information content (AvgIpc) is 2.39. The van der Waals surface area contributed by atoms with Crippen molar-refractivity contribution >= 4 is 29.0 Å². The molecule has 0 radical (unpaired) electrons. The minimum absolute atomic E-state index is 0.0777. The zero-order chi connectivity index (χ0) is 13.8. The number of benzene rings is 2. The number of carbonyl (C=O) groups is 2. The van der Waals surface area contributed by atoms with Crippen molar-refractivity contribution in [2.75, 3.05) is 5.32 Å². The van der Waals surface area contributed by atoms with E-state index in [2.05, 4.69) is 5.32 Å². The van der Waals surface area contributed by atoms with Gasteiger partial charge in [-0.1, -0.05) is 11.6 Å². The minimum atomic E-state index is -0.142. The summed E-state index contributed by atoms with van der Waals surface area (Å²) in [5.41, 5.74) is 1.81. The molecule has 1 amide bonds. The Balaban J connectivity index is 2.20. The number of nitrogens with one attached hydrogen (secondary N) is 1. The summed E-state index contributed by atoms with van der Waals surface area (Å²) in [5.74, 6) is -0.220. The van der Waals surface area contributed by atoms with Crippen LogP contribution in [0.15, 0.2) is 48.5 Å². The topological polar surface area (TPSA) is 46.2 Å². The molecule has 0 saturated heterocycles. The molecule has 0 aliphatic rings. The predicted molar refractivity (Wildman–Crippen MR) is 75.6 cm³/mol. The third-order valence-electron chi connectivity index (χ3n) is 2.57. The molecule has 96 valence electrons. The van der Waals surface area contributed by atoms with Gasteiger partial charge in [-0.25, -0.2) is 0 Å². The van der Waals surface area contributed by atoms with Crippen LogP contribution in [0.2, 0.25) is 5.02 Å². The summed E-state index contributed by atoms with van der Waals surface area (Å²) < 4.78 is 0. The number of rotatable bonds is 3. The number of hydrogen-bond acceptors (Lipinski definition) is 2. The van der Waals surface area contributed by atoms with E-state index in [1.807, 2.05) is 0 Å². The summed E-state index contributed by atoms with van der Waals surface area (Å²) in [6.07, 6.45) is 0. The molecular weight excluding hydrogens is 262 g/mol. The van der Waals surface area contributed by atoms with Crippen molar-refractivity contribution in [3.05, 3.63) is 64.7 Å². The number of carbonyl (C=O) groups excluding carboxylic acids is 2. The van der Waals surface area contributed by atoms with E-state index in [-0.39, 0.29) is 11.7 Å². The lowest BCUT2D eigenvalue weighted by Crippen LogP contribution is -2.06. The Morgan fingerprint density at radius 2 is 1.37 bits per heavy atom. The maximum absolute atomic E-state index is 12.2. The lowest BCUT2D eigenvalue weighted by atomic mass is 10.0. The van der Waals surface area contributed by atoms with Gasteiger partial charge in [0.05, 0.1) is 0 Å². The van der Waals surface area contributed by atoms with Crippen LogP contribution in [-0.2, 0) is 4.79 Å². The van der Waals surface area contributed by atoms with Gasteiger partial charge in [-0.15, -0.1) is 0 Å². The van der Waals surface area contributed by atoms with E-state index in [9.17, 15) is 9.59 Å². The summed E-state index contributed by atoms with van der Waals surface area (Å²) in [6.45, 7) is 1.44. The van der Waals surface area contributed by atoms with Gasteiger partial charge in [0, 0.05) is 28.8 Å². The Morgan fingerprint density at radius 1 is 0.895 bits per heavy atom. The van der Waals surface area contributed by atoms with Gasteiger partial charge < -0.3 is 5.32 Å². The fourth-order valence-electron chi connectivity index (χ4n) is 1.68. The highest BCUT2D eigenvalue weighted by atomic mass is 35.5. The van der Waals surface area contributed by atoms with Gasteiger partial charge in [-0.05, 0) is 48.5 Å². The van der Waals surface area contributed by atoms with Crippen LogP contribution < -0.4 is 5.32 Å². The Hall–Kier alpha value is -2.13. The van der Waals surface area contributed by atoms with E-state index in [0.717, 1.165) is 0 Å². The molecule has 2 aromatic carbocycles. The maximum atomic E-state index is 12.2. The summed E-state index contributed by atoms with van der Waals surface area (Å²) >= 11 is 5.78. The SMILES string of the molecule is CC(=O)Nc1ccc(C(=O)c2ccc(Cl)cc2)cc1. The Labute approximate surface area is 116 Å². The minimum Gasteiger partial charge on any atom is -0.326 e. The summed E-state index contributed by atoms with van der Waals surface area (Å²) in [4.78, 5) is 23.1. The van der Waals surface area contributed by atoms with Gasteiger partial charge in [0.25, 0.3) is 0 Å². The molecule has 0 spiro atoms. The largest absolute Gasteiger partial charge is 0.326 e. The summed E-state index contributed by atoms with van der Waals surface area (Å²) in [6, 6.07) is 13.5. The molecular formula is C15H12ClNO2. The van der Waals surface area contributed by atoms with Crippen LogP contribution in [0.3, 0.4) is 0 Å². The van der Waals surface area contributed by atoms with Gasteiger partial charge in [0.1, 0.15) is 0 Å². The van der Waals surface area contributed by atoms with Crippen molar-refractivity contribution in [1.29, 1.82) is 0 Å². The predicted octanol–water partition coefficient (Wildman–Crippen LogP) is 3.53. The zero-order valence-electron chi connectivity index (χ0n) is 10.3. The molecule has 0 aromatic heterocycles. The van der Waals surface area contributed by atoms with Crippen LogP contribution in [0.4, 0.5) is 5.69 Å². The van der Waals surface area contributed by atoms with Crippen molar-refractivity contribution in [2.45, 2.75) is 6.92 Å². The van der Waals surface area contributed by atoms with Crippen LogP contribution in [0, 0.1) is 0 Å². The molecule has 0 atom stereocenters. The first-order valence-electron chi connectivity index (χ1n) is 5.74. The molecule has 0 aliphatic carbocycles. The Morgan fingerprint density at radius 3 is 1.84 bits per heavy atom. The van der Waals surface area contributed by atoms with Crippen molar-refractivity contribution < 1.29 is 9.59 Å². The summed E-state index contributed by atoms with van der Waals surface area (Å²) in [5, 5.41) is 3.25. The van der Waals surface area contributed by atoms with E-state index < -0.39 is 0 Å². The second-order valence-electron chi connectivity index (χ2n) is 4.09. The second kappa shape index (κ2) is 5.67. The molecule has 0 heterocycles. The quantitative estimate of drug-likeness (QED) is 0.870. The van der Waals surface area contributed by atoms with Crippen LogP contribution in [0.1, 0.15) is 22.8 Å². The smallest absolute Gasteiger partial charge is 0.221 e. The maximum Gasteiger partial charge on any atom is 0.221 e. The first-order chi connectivity index (χ1) is 9.06. The van der Waals surface area contributed by atoms with E-state index >= 15 is 0 Å². The van der Waals surface area contributed by atoms with Crippen molar-refractivity contribution in [3.63, 3.8) is 0 Å². The van der Waals surface area contributed by atoms with Crippen molar-refractivity contribution in [2.24, 2.45) is 0 Å². The highest BCUT2D eigenvalue weighted by Crippen LogP contribution is 2.16. The number of halogens is 1. The molecule has 2 aromatic rings. The molecule has 0 fully saturated rings. The van der Waals surface area contributed by atoms with Gasteiger partial charge >= 0.3 is 0 Å². The number of ketones is 1. The van der Waals surface area contributed by atoms with Crippen LogP contribution in [0.25, 0.3) is 0 Å². The molecule has 2 rings (SSSR count). The third-order valence-corrected chi connectivity index (χ3v) is 2.83. The van der Waals surface area contributed by atoms with Gasteiger partial charge in [-0.2, -0.15) is 0 Å². The molecule has 4 heteroatoms. The first kappa shape index (κ1) is 13.3. The van der Waals surface area contributed by atoms with E-state index in [4.69, 9.17) is 11.6 Å². The van der Waals surface area contributed by atoms with Crippen molar-refractivity contribution in [3.8, 4) is 0 Å². The molecule has 19 heavy (non-hydrogen) atoms. The number of anilines is 1. The lowest BCUT2D eigenvalue weighted by Gasteiger charge is -2.04. The molecule has 0 saturated carbocycles. The molecule has 3 nitrogen and oxygen atoms in total. The molecule has 0 bridgehead atoms. The van der Waals surface area contributed by atoms with E-state index in [1.54, 1.807) is 48.5 Å². The number of hydrogen-bond donors (Lipinski definition) is 1. The van der Waals surface area contributed by atoms with Gasteiger partial charge in [0.2, 0.25) is 5.91 Å². The van der Waals surface area contributed by atoms with Crippen LogP contribution in [-0.4, -0.2) is 11.7 Å². The van der Waals surface area contributed by atoms with Crippen molar-refractivity contribution in [1.82, 2.24) is 0 Å². The average molecular weight is 274 g/mol. The van der Waals surface area contributed by atoms with E-state index in [1.165, 1.54) is 6.92 Å².